The molecule has 0 unspecified atom stereocenters. The predicted molar refractivity (Wildman–Crippen MR) is 95.4 cm³/mol. The van der Waals surface area contributed by atoms with Crippen LogP contribution in [0.5, 0.6) is 0 Å². The van der Waals surface area contributed by atoms with Crippen LogP contribution in [0, 0.1) is 0 Å². The lowest BCUT2D eigenvalue weighted by molar-refractivity contribution is 0.170. The van der Waals surface area contributed by atoms with Crippen molar-refractivity contribution in [3.63, 3.8) is 0 Å². The van der Waals surface area contributed by atoms with Gasteiger partial charge < -0.3 is 10.1 Å². The summed E-state index contributed by atoms with van der Waals surface area (Å²) < 4.78 is 8.40. The van der Waals surface area contributed by atoms with Gasteiger partial charge in [0, 0.05) is 20.1 Å². The van der Waals surface area contributed by atoms with E-state index in [4.69, 9.17) is 4.74 Å². The number of anilines is 1. The van der Waals surface area contributed by atoms with Gasteiger partial charge in [-0.1, -0.05) is 26.7 Å². The van der Waals surface area contributed by atoms with Gasteiger partial charge in [-0.05, 0) is 12.8 Å². The summed E-state index contributed by atoms with van der Waals surface area (Å²) in [6.07, 6.45) is 2.50. The molecule has 25 heavy (non-hydrogen) atoms. The highest BCUT2D eigenvalue weighted by atomic mass is 16.5. The molecule has 0 aromatic carbocycles. The first-order chi connectivity index (χ1) is 12.0. The summed E-state index contributed by atoms with van der Waals surface area (Å²) in [5.74, 6) is 0.224. The van der Waals surface area contributed by atoms with E-state index in [0.717, 1.165) is 23.9 Å². The van der Waals surface area contributed by atoms with E-state index in [2.05, 4.69) is 10.4 Å². The second-order valence-corrected chi connectivity index (χ2v) is 5.78. The molecule has 0 saturated heterocycles. The Morgan fingerprint density at radius 2 is 1.72 bits per heavy atom. The minimum absolute atomic E-state index is 0.200. The van der Waals surface area contributed by atoms with Gasteiger partial charge in [0.15, 0.2) is 11.5 Å². The van der Waals surface area contributed by atoms with Crippen molar-refractivity contribution in [2.24, 2.45) is 0 Å². The fourth-order valence-electron chi connectivity index (χ4n) is 2.73. The van der Waals surface area contributed by atoms with E-state index in [1.54, 1.807) is 7.05 Å². The lowest BCUT2D eigenvalue weighted by Gasteiger charge is -2.10. The van der Waals surface area contributed by atoms with Crippen LogP contribution >= 0.6 is 0 Å². The molecule has 2 heterocycles. The first kappa shape index (κ1) is 18.8. The van der Waals surface area contributed by atoms with Crippen LogP contribution in [0.2, 0.25) is 0 Å². The monoisotopic (exact) mass is 351 g/mol. The van der Waals surface area contributed by atoms with E-state index in [1.165, 1.54) is 16.2 Å². The third-order valence-electron chi connectivity index (χ3n) is 4.10. The van der Waals surface area contributed by atoms with E-state index in [-0.39, 0.29) is 16.9 Å². The predicted octanol–water partition coefficient (Wildman–Crippen LogP) is 1.62. The van der Waals surface area contributed by atoms with Gasteiger partial charge in [-0.25, -0.2) is 9.59 Å². The fraction of sp³-hybridized carbons (Fsp3) is 0.625. The van der Waals surface area contributed by atoms with Crippen LogP contribution in [-0.4, -0.2) is 39.2 Å². The zero-order chi connectivity index (χ0) is 18.6. The van der Waals surface area contributed by atoms with Gasteiger partial charge in [0.2, 0.25) is 0 Å². The molecular weight excluding hydrogens is 326 g/mol. The molecule has 0 aliphatic rings. The van der Waals surface area contributed by atoms with Crippen LogP contribution in [0.25, 0.3) is 11.0 Å². The fourth-order valence-corrected chi connectivity index (χ4v) is 2.73. The smallest absolute Gasteiger partial charge is 0.436 e. The van der Waals surface area contributed by atoms with E-state index >= 15 is 0 Å². The van der Waals surface area contributed by atoms with E-state index in [0.29, 0.717) is 19.5 Å². The van der Waals surface area contributed by atoms with E-state index in [1.807, 2.05) is 13.8 Å². The number of carbonyl (C=O) groups is 1. The molecule has 0 aliphatic carbocycles. The Labute approximate surface area is 145 Å². The lowest BCUT2D eigenvalue weighted by atomic mass is 10.3. The maximum absolute atomic E-state index is 12.9. The number of nitrogens with zero attached hydrogens (tertiary/aromatic N) is 4. The molecule has 2 aromatic rings. The van der Waals surface area contributed by atoms with Gasteiger partial charge in [-0.15, -0.1) is 9.78 Å². The first-order valence-electron chi connectivity index (χ1n) is 8.54. The summed E-state index contributed by atoms with van der Waals surface area (Å²) in [7, 11) is 2.82. The summed E-state index contributed by atoms with van der Waals surface area (Å²) in [5, 5.41) is 7.23. The van der Waals surface area contributed by atoms with Crippen molar-refractivity contribution in [1.29, 1.82) is 0 Å². The van der Waals surface area contributed by atoms with Crippen LogP contribution < -0.4 is 16.6 Å². The third kappa shape index (κ3) is 3.31. The van der Waals surface area contributed by atoms with Gasteiger partial charge in [-0.2, -0.15) is 0 Å². The number of hydrogen-bond acceptors (Lipinski definition) is 6. The number of carbonyl (C=O) groups excluding carboxylic acids is 1. The van der Waals surface area contributed by atoms with Gasteiger partial charge in [0.25, 0.3) is 5.56 Å². The molecule has 0 bridgehead atoms. The number of aryl methyl sites for hydroxylation is 1. The molecular formula is C16H25N5O4. The highest BCUT2D eigenvalue weighted by Crippen LogP contribution is 2.19. The SMILES string of the molecule is CCCCn1c(=O)c2c(NC)n(C(=O)OC)nc2n(CCCC)c1=O. The van der Waals surface area contributed by atoms with Crippen LogP contribution in [0.4, 0.5) is 10.6 Å². The summed E-state index contributed by atoms with van der Waals surface area (Å²) in [6.45, 7) is 4.78. The zero-order valence-corrected chi connectivity index (χ0v) is 15.2. The lowest BCUT2D eigenvalue weighted by Crippen LogP contribution is -2.40. The van der Waals surface area contributed by atoms with Gasteiger partial charge >= 0.3 is 11.8 Å². The van der Waals surface area contributed by atoms with Crippen molar-refractivity contribution in [2.75, 3.05) is 19.5 Å². The highest BCUT2D eigenvalue weighted by molar-refractivity contribution is 5.92. The highest BCUT2D eigenvalue weighted by Gasteiger charge is 2.24. The Morgan fingerprint density at radius 1 is 1.12 bits per heavy atom. The molecule has 0 fully saturated rings. The van der Waals surface area contributed by atoms with E-state index in [9.17, 15) is 14.4 Å². The number of nitrogens with one attached hydrogen (secondary N) is 1. The largest absolute Gasteiger partial charge is 0.451 e. The summed E-state index contributed by atoms with van der Waals surface area (Å²) in [5.41, 5.74) is -0.636. The molecule has 9 heteroatoms. The van der Waals surface area contributed by atoms with Crippen molar-refractivity contribution >= 4 is 22.9 Å². The third-order valence-corrected chi connectivity index (χ3v) is 4.10. The van der Waals surface area contributed by atoms with Crippen LogP contribution in [0.3, 0.4) is 0 Å². The Morgan fingerprint density at radius 3 is 2.24 bits per heavy atom. The molecule has 0 spiro atoms. The standard InChI is InChI=1S/C16H25N5O4/c1-5-7-9-19-13-11(12(17-3)21(18-13)16(24)25-4)14(22)20(15(19)23)10-8-6-2/h17H,5-10H2,1-4H3. The summed E-state index contributed by atoms with van der Waals surface area (Å²) >= 11 is 0. The minimum Gasteiger partial charge on any atom is -0.451 e. The molecule has 0 aliphatic heterocycles. The van der Waals surface area contributed by atoms with Crippen molar-refractivity contribution < 1.29 is 9.53 Å². The van der Waals surface area contributed by atoms with Gasteiger partial charge in [-0.3, -0.25) is 13.9 Å². The molecule has 0 radical (unpaired) electrons. The van der Waals surface area contributed by atoms with Crippen LogP contribution in [-0.2, 0) is 17.8 Å². The quantitative estimate of drug-likeness (QED) is 0.813. The minimum atomic E-state index is -0.727. The molecule has 2 rings (SSSR count). The topological polar surface area (TPSA) is 100 Å². The molecule has 1 N–H and O–H groups in total. The van der Waals surface area contributed by atoms with E-state index < -0.39 is 17.3 Å². The van der Waals surface area contributed by atoms with Crippen molar-refractivity contribution in [1.82, 2.24) is 18.9 Å². The second-order valence-electron chi connectivity index (χ2n) is 5.78. The molecule has 0 atom stereocenters. The second kappa shape index (κ2) is 8.00. The van der Waals surface area contributed by atoms with Crippen molar-refractivity contribution in [3.05, 3.63) is 20.8 Å². The molecule has 0 saturated carbocycles. The summed E-state index contributed by atoms with van der Waals surface area (Å²) in [4.78, 5) is 37.7. The maximum Gasteiger partial charge on any atom is 0.436 e. The number of methoxy groups -OCH3 is 1. The molecule has 138 valence electrons. The Hall–Kier alpha value is -2.58. The summed E-state index contributed by atoms with van der Waals surface area (Å²) in [6, 6.07) is 0. The number of aromatic nitrogens is 4. The molecule has 9 nitrogen and oxygen atoms in total. The molecule has 2 aromatic heterocycles. The average Bonchev–Trinajstić information content (AvgIpc) is 3.00. The normalized spacial score (nSPS) is 11.0. The maximum atomic E-state index is 12.9. The van der Waals surface area contributed by atoms with Crippen molar-refractivity contribution in [3.8, 4) is 0 Å². The Balaban J connectivity index is 2.86. The number of ether oxygens (including phenoxy) is 1. The first-order valence-corrected chi connectivity index (χ1v) is 8.54. The van der Waals surface area contributed by atoms with Crippen LogP contribution in [0.15, 0.2) is 9.59 Å². The molecule has 0 amide bonds. The zero-order valence-electron chi connectivity index (χ0n) is 15.2. The van der Waals surface area contributed by atoms with Crippen molar-refractivity contribution in [2.45, 2.75) is 52.6 Å². The number of hydrogen-bond donors (Lipinski definition) is 1. The Bertz CT molecular complexity index is 877. The number of fused-ring (bicyclic) bond motifs is 1. The Kier molecular flexibility index (Phi) is 6.00. The van der Waals surface area contributed by atoms with Crippen LogP contribution in [0.1, 0.15) is 39.5 Å². The average molecular weight is 351 g/mol. The van der Waals surface area contributed by atoms with Gasteiger partial charge in [0.05, 0.1) is 7.11 Å². The number of rotatable bonds is 7. The van der Waals surface area contributed by atoms with Gasteiger partial charge in [0.1, 0.15) is 5.39 Å². The number of unbranched alkanes of at least 4 members (excludes halogenated alkanes) is 2.